The summed E-state index contributed by atoms with van der Waals surface area (Å²) in [5.74, 6) is 1.15. The zero-order valence-corrected chi connectivity index (χ0v) is 14.8. The van der Waals surface area contributed by atoms with E-state index in [1.165, 1.54) is 0 Å². The highest BCUT2D eigenvalue weighted by Crippen LogP contribution is 2.47. The quantitative estimate of drug-likeness (QED) is 0.721. The second kappa shape index (κ2) is 7.52. The maximum atomic E-state index is 11.2. The standard InChI is InChI=1S/C19H23O4P/c1-19(17-10-11-17,23-24(20)21)13-16-8-5-9-18(12-16)22-14-15-6-3-2-4-7-15/h2-9,12,17,24H,10-11,13-14H2,1H3,(H,20,21). The van der Waals surface area contributed by atoms with Crippen molar-refractivity contribution in [3.8, 4) is 5.75 Å². The SMILES string of the molecule is CC(Cc1cccc(OCc2ccccc2)c1)(O[PH](=O)O)C1CC1. The molecule has 24 heavy (non-hydrogen) atoms. The van der Waals surface area contributed by atoms with Gasteiger partial charge in [0.2, 0.25) is 0 Å². The minimum Gasteiger partial charge on any atom is -0.489 e. The lowest BCUT2D eigenvalue weighted by Gasteiger charge is -2.28. The second-order valence-corrected chi connectivity index (χ2v) is 7.29. The van der Waals surface area contributed by atoms with Crippen LogP contribution >= 0.6 is 8.25 Å². The smallest absolute Gasteiger partial charge is 0.317 e. The van der Waals surface area contributed by atoms with E-state index in [-0.39, 0.29) is 0 Å². The lowest BCUT2D eigenvalue weighted by atomic mass is 9.92. The highest BCUT2D eigenvalue weighted by molar-refractivity contribution is 7.32. The van der Waals surface area contributed by atoms with Crippen LogP contribution in [0.5, 0.6) is 5.75 Å². The van der Waals surface area contributed by atoms with Crippen molar-refractivity contribution in [1.29, 1.82) is 0 Å². The van der Waals surface area contributed by atoms with Gasteiger partial charge >= 0.3 is 8.25 Å². The number of hydrogen-bond donors (Lipinski definition) is 1. The first-order valence-corrected chi connectivity index (χ1v) is 9.49. The molecule has 2 unspecified atom stereocenters. The van der Waals surface area contributed by atoms with Crippen LogP contribution in [0.1, 0.15) is 30.9 Å². The first-order valence-electron chi connectivity index (χ1n) is 8.23. The first-order chi connectivity index (χ1) is 11.5. The van der Waals surface area contributed by atoms with Crippen LogP contribution in [-0.4, -0.2) is 10.5 Å². The van der Waals surface area contributed by atoms with E-state index < -0.39 is 13.9 Å². The fourth-order valence-corrected chi connectivity index (χ4v) is 3.69. The highest BCUT2D eigenvalue weighted by Gasteiger charge is 2.43. The van der Waals surface area contributed by atoms with E-state index in [0.717, 1.165) is 29.7 Å². The van der Waals surface area contributed by atoms with Crippen LogP contribution in [0, 0.1) is 5.92 Å². The molecule has 1 N–H and O–H groups in total. The van der Waals surface area contributed by atoms with Crippen LogP contribution in [-0.2, 0) is 22.1 Å². The largest absolute Gasteiger partial charge is 0.489 e. The van der Waals surface area contributed by atoms with Gasteiger partial charge in [0.25, 0.3) is 0 Å². The fraction of sp³-hybridized carbons (Fsp3) is 0.368. The van der Waals surface area contributed by atoms with E-state index in [9.17, 15) is 9.46 Å². The summed E-state index contributed by atoms with van der Waals surface area (Å²) in [5.41, 5.74) is 1.59. The molecular formula is C19H23O4P. The third-order valence-corrected chi connectivity index (χ3v) is 5.10. The Labute approximate surface area is 143 Å². The summed E-state index contributed by atoms with van der Waals surface area (Å²) in [6.45, 7) is 2.45. The van der Waals surface area contributed by atoms with Crippen molar-refractivity contribution in [2.45, 2.75) is 38.4 Å². The molecule has 0 radical (unpaired) electrons. The van der Waals surface area contributed by atoms with Crippen molar-refractivity contribution in [3.63, 3.8) is 0 Å². The van der Waals surface area contributed by atoms with Gasteiger partial charge in [0, 0.05) is 6.42 Å². The van der Waals surface area contributed by atoms with Crippen LogP contribution in [0.4, 0.5) is 0 Å². The molecule has 2 aromatic carbocycles. The second-order valence-electron chi connectivity index (χ2n) is 6.55. The third kappa shape index (κ3) is 4.70. The Kier molecular flexibility index (Phi) is 5.40. The Morgan fingerprint density at radius 2 is 1.83 bits per heavy atom. The van der Waals surface area contributed by atoms with Gasteiger partial charge in [-0.1, -0.05) is 42.5 Å². The molecule has 1 saturated carbocycles. The molecule has 0 saturated heterocycles. The first kappa shape index (κ1) is 17.2. The molecule has 0 aromatic heterocycles. The topological polar surface area (TPSA) is 55.8 Å². The van der Waals surface area contributed by atoms with E-state index in [1.807, 2.05) is 61.5 Å². The van der Waals surface area contributed by atoms with Gasteiger partial charge < -0.3 is 14.2 Å². The average Bonchev–Trinajstić information content (AvgIpc) is 3.39. The summed E-state index contributed by atoms with van der Waals surface area (Å²) in [5, 5.41) is 0. The number of rotatable bonds is 8. The van der Waals surface area contributed by atoms with Gasteiger partial charge in [-0.05, 0) is 48.9 Å². The molecule has 128 valence electrons. The molecule has 2 atom stereocenters. The monoisotopic (exact) mass is 346 g/mol. The van der Waals surface area contributed by atoms with Crippen molar-refractivity contribution in [2.75, 3.05) is 0 Å². The van der Waals surface area contributed by atoms with Gasteiger partial charge in [0.05, 0.1) is 5.60 Å². The summed E-state index contributed by atoms with van der Waals surface area (Å²) in [6, 6.07) is 17.9. The predicted octanol–water partition coefficient (Wildman–Crippen LogP) is 4.38. The van der Waals surface area contributed by atoms with Crippen LogP contribution in [0.3, 0.4) is 0 Å². The van der Waals surface area contributed by atoms with Crippen molar-refractivity contribution < 1.29 is 18.7 Å². The minimum absolute atomic E-state index is 0.354. The summed E-state index contributed by atoms with van der Waals surface area (Å²) in [7, 11) is -2.95. The summed E-state index contributed by atoms with van der Waals surface area (Å²) in [6.07, 6.45) is 2.71. The van der Waals surface area contributed by atoms with E-state index >= 15 is 0 Å². The fourth-order valence-electron chi connectivity index (χ4n) is 3.05. The van der Waals surface area contributed by atoms with Gasteiger partial charge in [-0.3, -0.25) is 4.57 Å². The molecule has 0 heterocycles. The predicted molar refractivity (Wildman–Crippen MR) is 94.4 cm³/mol. The third-order valence-electron chi connectivity index (χ3n) is 4.46. The molecule has 1 fully saturated rings. The molecule has 2 aromatic rings. The van der Waals surface area contributed by atoms with E-state index in [4.69, 9.17) is 9.26 Å². The van der Waals surface area contributed by atoms with Gasteiger partial charge in [0.1, 0.15) is 12.4 Å². The minimum atomic E-state index is -2.95. The summed E-state index contributed by atoms with van der Waals surface area (Å²) >= 11 is 0. The van der Waals surface area contributed by atoms with Crippen molar-refractivity contribution in [3.05, 3.63) is 65.7 Å². The Bertz CT molecular complexity index is 700. The van der Waals surface area contributed by atoms with Crippen molar-refractivity contribution >= 4 is 8.25 Å². The van der Waals surface area contributed by atoms with Crippen LogP contribution in [0.15, 0.2) is 54.6 Å². The molecular weight excluding hydrogens is 323 g/mol. The van der Waals surface area contributed by atoms with Crippen molar-refractivity contribution in [1.82, 2.24) is 0 Å². The molecule has 5 heteroatoms. The van der Waals surface area contributed by atoms with E-state index in [2.05, 4.69) is 0 Å². The molecule has 0 aliphatic heterocycles. The zero-order valence-electron chi connectivity index (χ0n) is 13.8. The number of benzene rings is 2. The normalized spacial score (nSPS) is 17.9. The lowest BCUT2D eigenvalue weighted by Crippen LogP contribution is -2.31. The Morgan fingerprint density at radius 1 is 1.12 bits per heavy atom. The van der Waals surface area contributed by atoms with Gasteiger partial charge in [-0.2, -0.15) is 0 Å². The van der Waals surface area contributed by atoms with E-state index in [1.54, 1.807) is 0 Å². The molecule has 4 nitrogen and oxygen atoms in total. The van der Waals surface area contributed by atoms with Crippen LogP contribution < -0.4 is 4.74 Å². The van der Waals surface area contributed by atoms with Gasteiger partial charge in [-0.15, -0.1) is 0 Å². The summed E-state index contributed by atoms with van der Waals surface area (Å²) < 4.78 is 22.5. The van der Waals surface area contributed by atoms with Gasteiger partial charge in [-0.25, -0.2) is 0 Å². The maximum Gasteiger partial charge on any atom is 0.317 e. The van der Waals surface area contributed by atoms with Gasteiger partial charge in [0.15, 0.2) is 0 Å². The average molecular weight is 346 g/mol. The van der Waals surface area contributed by atoms with Crippen LogP contribution in [0.2, 0.25) is 0 Å². The molecule has 1 aliphatic rings. The highest BCUT2D eigenvalue weighted by atomic mass is 31.1. The summed E-state index contributed by atoms with van der Waals surface area (Å²) in [4.78, 5) is 9.21. The Balaban J connectivity index is 1.67. The Morgan fingerprint density at radius 3 is 2.50 bits per heavy atom. The molecule has 3 rings (SSSR count). The maximum absolute atomic E-state index is 11.2. The molecule has 1 aliphatic carbocycles. The van der Waals surface area contributed by atoms with E-state index in [0.29, 0.717) is 18.9 Å². The molecule has 0 amide bonds. The Hall–Kier alpha value is -1.61. The molecule has 0 bridgehead atoms. The number of hydrogen-bond acceptors (Lipinski definition) is 3. The molecule has 0 spiro atoms. The number of ether oxygens (including phenoxy) is 1. The zero-order chi connectivity index (χ0) is 17.0. The van der Waals surface area contributed by atoms with Crippen LogP contribution in [0.25, 0.3) is 0 Å². The lowest BCUT2D eigenvalue weighted by molar-refractivity contribution is 0.0613. The van der Waals surface area contributed by atoms with Crippen molar-refractivity contribution in [2.24, 2.45) is 5.92 Å².